The molecule has 2 nitrogen and oxygen atoms in total. The molecule has 0 fully saturated rings. The van der Waals surface area contributed by atoms with Gasteiger partial charge in [-0.1, -0.05) is 30.3 Å². The van der Waals surface area contributed by atoms with E-state index in [4.69, 9.17) is 5.73 Å². The van der Waals surface area contributed by atoms with Gasteiger partial charge >= 0.3 is 0 Å². The summed E-state index contributed by atoms with van der Waals surface area (Å²) in [6, 6.07) is 8.94. The minimum atomic E-state index is -1.58. The molecule has 0 heterocycles. The summed E-state index contributed by atoms with van der Waals surface area (Å²) in [5.74, 6) is -0.904. The number of primary amides is 1. The second kappa shape index (κ2) is 3.85. The maximum atomic E-state index is 12.7. The average molecular weight is 166 g/mol. The van der Waals surface area contributed by atoms with Crippen molar-refractivity contribution in [1.29, 1.82) is 0 Å². The Bertz CT molecular complexity index is 260. The third kappa shape index (κ3) is 2.34. The molecule has 64 valence electrons. The lowest BCUT2D eigenvalue weighted by Gasteiger charge is -2.02. The SMILES string of the molecule is NC(=O)[C@@H]([18F])Cc1ccccc1. The maximum Gasteiger partial charge on any atom is 0.252 e. The zero-order valence-corrected chi connectivity index (χ0v) is 6.53. The molecule has 3 heteroatoms. The number of nitrogens with two attached hydrogens (primary N) is 1. The van der Waals surface area contributed by atoms with Crippen molar-refractivity contribution in [2.24, 2.45) is 5.73 Å². The van der Waals surface area contributed by atoms with E-state index in [1.807, 2.05) is 6.07 Å². The van der Waals surface area contributed by atoms with Crippen LogP contribution in [0.25, 0.3) is 0 Å². The fourth-order valence-corrected chi connectivity index (χ4v) is 0.922. The largest absolute Gasteiger partial charge is 0.367 e. The normalized spacial score (nSPS) is 12.4. The molecule has 0 aliphatic carbocycles. The zero-order chi connectivity index (χ0) is 8.97. The van der Waals surface area contributed by atoms with E-state index in [9.17, 15) is 9.18 Å². The van der Waals surface area contributed by atoms with Crippen LogP contribution in [0.5, 0.6) is 0 Å². The topological polar surface area (TPSA) is 43.1 Å². The lowest BCUT2D eigenvalue weighted by Crippen LogP contribution is -2.26. The molecule has 0 spiro atoms. The second-order valence-electron chi connectivity index (χ2n) is 2.56. The first-order chi connectivity index (χ1) is 5.70. The molecular formula is C9H10FNO. The van der Waals surface area contributed by atoms with E-state index >= 15 is 0 Å². The van der Waals surface area contributed by atoms with Crippen molar-refractivity contribution in [3.05, 3.63) is 35.9 Å². The quantitative estimate of drug-likeness (QED) is 0.716. The van der Waals surface area contributed by atoms with Crippen LogP contribution >= 0.6 is 0 Å². The van der Waals surface area contributed by atoms with Crippen LogP contribution in [-0.2, 0) is 11.2 Å². The Morgan fingerprint density at radius 1 is 1.42 bits per heavy atom. The van der Waals surface area contributed by atoms with Gasteiger partial charge in [-0.15, -0.1) is 0 Å². The van der Waals surface area contributed by atoms with Crippen LogP contribution in [0.1, 0.15) is 5.56 Å². The number of rotatable bonds is 3. The average Bonchev–Trinajstić information content (AvgIpc) is 2.06. The third-order valence-electron chi connectivity index (χ3n) is 1.57. The van der Waals surface area contributed by atoms with Gasteiger partial charge in [0.25, 0.3) is 5.91 Å². The van der Waals surface area contributed by atoms with Crippen molar-refractivity contribution in [2.75, 3.05) is 0 Å². The summed E-state index contributed by atoms with van der Waals surface area (Å²) in [5.41, 5.74) is 5.55. The van der Waals surface area contributed by atoms with Crippen molar-refractivity contribution in [3.63, 3.8) is 0 Å². The van der Waals surface area contributed by atoms with Crippen molar-refractivity contribution >= 4 is 5.91 Å². The lowest BCUT2D eigenvalue weighted by atomic mass is 10.1. The van der Waals surface area contributed by atoms with Crippen molar-refractivity contribution in [3.8, 4) is 0 Å². The molecule has 1 aromatic carbocycles. The van der Waals surface area contributed by atoms with Gasteiger partial charge in [-0.25, -0.2) is 4.39 Å². The van der Waals surface area contributed by atoms with Gasteiger partial charge in [0.1, 0.15) is 0 Å². The molecule has 0 saturated heterocycles. The number of alkyl halides is 1. The zero-order valence-electron chi connectivity index (χ0n) is 6.53. The monoisotopic (exact) mass is 166 g/mol. The molecule has 0 aliphatic rings. The van der Waals surface area contributed by atoms with Gasteiger partial charge < -0.3 is 5.73 Å². The van der Waals surface area contributed by atoms with Crippen LogP contribution in [0.2, 0.25) is 0 Å². The number of amides is 1. The minimum Gasteiger partial charge on any atom is -0.367 e. The summed E-state index contributed by atoms with van der Waals surface area (Å²) in [7, 11) is 0. The van der Waals surface area contributed by atoms with Crippen LogP contribution in [0.4, 0.5) is 4.39 Å². The summed E-state index contributed by atoms with van der Waals surface area (Å²) in [4.78, 5) is 10.4. The van der Waals surface area contributed by atoms with Gasteiger partial charge in [-0.05, 0) is 5.56 Å². The highest BCUT2D eigenvalue weighted by Crippen LogP contribution is 2.04. The fraction of sp³-hybridized carbons (Fsp3) is 0.222. The number of hydrogen-bond acceptors (Lipinski definition) is 1. The van der Waals surface area contributed by atoms with E-state index in [2.05, 4.69) is 0 Å². The van der Waals surface area contributed by atoms with Gasteiger partial charge in [0, 0.05) is 6.42 Å². The Hall–Kier alpha value is -1.38. The Morgan fingerprint density at radius 2 is 2.00 bits per heavy atom. The number of hydrogen-bond donors (Lipinski definition) is 1. The first-order valence-electron chi connectivity index (χ1n) is 3.67. The highest BCUT2D eigenvalue weighted by Gasteiger charge is 2.12. The summed E-state index contributed by atoms with van der Waals surface area (Å²) < 4.78 is 12.7. The van der Waals surface area contributed by atoms with Gasteiger partial charge in [0.2, 0.25) is 0 Å². The molecule has 1 amide bonds. The van der Waals surface area contributed by atoms with Crippen molar-refractivity contribution in [2.45, 2.75) is 12.6 Å². The summed E-state index contributed by atoms with van der Waals surface area (Å²) >= 11 is 0. The standard InChI is InChI=1S/C9H10FNO/c10-8(9(11)12)6-7-4-2-1-3-5-7/h1-5,8H,6H2,(H2,11,12)/t8-/m0/s1/i10-1. The maximum absolute atomic E-state index is 12.7. The van der Waals surface area contributed by atoms with E-state index in [0.29, 0.717) is 0 Å². The predicted octanol–water partition coefficient (Wildman–Crippen LogP) is 1.05. The highest BCUT2D eigenvalue weighted by molar-refractivity contribution is 5.78. The number of carbonyl (C=O) groups is 1. The van der Waals surface area contributed by atoms with Crippen LogP contribution in [0, 0.1) is 0 Å². The Labute approximate surface area is 70.2 Å². The van der Waals surface area contributed by atoms with Gasteiger partial charge in [0.05, 0.1) is 0 Å². The highest BCUT2D eigenvalue weighted by atomic mass is 18.2. The van der Waals surface area contributed by atoms with E-state index in [1.165, 1.54) is 0 Å². The predicted molar refractivity (Wildman–Crippen MR) is 44.2 cm³/mol. The molecule has 0 aromatic heterocycles. The Kier molecular flexibility index (Phi) is 2.80. The third-order valence-corrected chi connectivity index (χ3v) is 1.57. The molecule has 0 bridgehead atoms. The molecule has 0 unspecified atom stereocenters. The summed E-state index contributed by atoms with van der Waals surface area (Å²) in [6.45, 7) is 0. The molecule has 1 atom stereocenters. The molecular weight excluding hydrogens is 156 g/mol. The van der Waals surface area contributed by atoms with Crippen molar-refractivity contribution in [1.82, 2.24) is 0 Å². The van der Waals surface area contributed by atoms with Crippen LogP contribution < -0.4 is 5.73 Å². The Balaban J connectivity index is 2.58. The summed E-state index contributed by atoms with van der Waals surface area (Å²) in [5, 5.41) is 0. The first-order valence-corrected chi connectivity index (χ1v) is 3.67. The molecule has 12 heavy (non-hydrogen) atoms. The van der Waals surface area contributed by atoms with Crippen LogP contribution in [-0.4, -0.2) is 12.1 Å². The van der Waals surface area contributed by atoms with Gasteiger partial charge in [0.15, 0.2) is 6.17 Å². The van der Waals surface area contributed by atoms with Gasteiger partial charge in [-0.2, -0.15) is 0 Å². The summed E-state index contributed by atoms with van der Waals surface area (Å²) in [6.07, 6.45) is -1.51. The first kappa shape index (κ1) is 8.71. The van der Waals surface area contributed by atoms with E-state index in [0.717, 1.165) is 5.56 Å². The van der Waals surface area contributed by atoms with Crippen LogP contribution in [0.15, 0.2) is 30.3 Å². The van der Waals surface area contributed by atoms with Crippen LogP contribution in [0.3, 0.4) is 0 Å². The lowest BCUT2D eigenvalue weighted by molar-refractivity contribution is -0.122. The minimum absolute atomic E-state index is 0.0656. The van der Waals surface area contributed by atoms with E-state index < -0.39 is 12.1 Å². The molecule has 1 rings (SSSR count). The molecule has 0 radical (unpaired) electrons. The van der Waals surface area contributed by atoms with Crippen molar-refractivity contribution < 1.29 is 9.18 Å². The number of halogens is 1. The second-order valence-corrected chi connectivity index (χ2v) is 2.56. The molecule has 2 N–H and O–H groups in total. The van der Waals surface area contributed by atoms with E-state index in [1.54, 1.807) is 24.3 Å². The Morgan fingerprint density at radius 3 is 2.50 bits per heavy atom. The number of carbonyl (C=O) groups excluding carboxylic acids is 1. The smallest absolute Gasteiger partial charge is 0.252 e. The molecule has 1 aromatic rings. The fourth-order valence-electron chi connectivity index (χ4n) is 0.922. The molecule has 0 saturated carbocycles. The van der Waals surface area contributed by atoms with E-state index in [-0.39, 0.29) is 6.42 Å². The molecule has 0 aliphatic heterocycles. The number of benzene rings is 1. The van der Waals surface area contributed by atoms with Gasteiger partial charge in [-0.3, -0.25) is 4.79 Å².